The summed E-state index contributed by atoms with van der Waals surface area (Å²) in [6.45, 7) is 4.17. The molecule has 0 spiro atoms. The monoisotopic (exact) mass is 135 g/mol. The van der Waals surface area contributed by atoms with E-state index in [-0.39, 0.29) is 0 Å². The van der Waals surface area contributed by atoms with Crippen LogP contribution in [0.2, 0.25) is 0 Å². The van der Waals surface area contributed by atoms with E-state index < -0.39 is 0 Å². The molecule has 0 amide bonds. The van der Waals surface area contributed by atoms with Gasteiger partial charge >= 0.3 is 0 Å². The van der Waals surface area contributed by atoms with E-state index in [0.717, 1.165) is 24.3 Å². The molecule has 10 heavy (non-hydrogen) atoms. The molecular formula is C9H13N. The third-order valence-corrected chi connectivity index (χ3v) is 2.23. The maximum Gasteiger partial charge on any atom is 0.0943 e. The molecule has 1 aliphatic carbocycles. The Morgan fingerprint density at radius 2 is 2.40 bits per heavy atom. The van der Waals surface area contributed by atoms with Crippen LogP contribution in [0.4, 0.5) is 0 Å². The summed E-state index contributed by atoms with van der Waals surface area (Å²) in [7, 11) is 0. The quantitative estimate of drug-likeness (QED) is 0.468. The Kier molecular flexibility index (Phi) is 2.11. The Balaban J connectivity index is 2.69. The Labute approximate surface area is 62.4 Å². The van der Waals surface area contributed by atoms with Crippen molar-refractivity contribution in [2.24, 2.45) is 5.92 Å². The first-order chi connectivity index (χ1) is 4.74. The van der Waals surface area contributed by atoms with E-state index in [2.05, 4.69) is 13.0 Å². The fourth-order valence-electron chi connectivity index (χ4n) is 1.47. The molecule has 0 aromatic rings. The van der Waals surface area contributed by atoms with Crippen molar-refractivity contribution in [3.05, 3.63) is 11.1 Å². The first-order valence-electron chi connectivity index (χ1n) is 3.82. The topological polar surface area (TPSA) is 23.8 Å². The van der Waals surface area contributed by atoms with Crippen molar-refractivity contribution in [2.75, 3.05) is 0 Å². The van der Waals surface area contributed by atoms with Gasteiger partial charge in [-0.2, -0.15) is 5.26 Å². The lowest BCUT2D eigenvalue weighted by Gasteiger charge is -1.96. The lowest BCUT2D eigenvalue weighted by molar-refractivity contribution is 0.620. The fraction of sp³-hybridized carbons (Fsp3) is 0.667. The molecule has 1 nitrogen and oxygen atoms in total. The van der Waals surface area contributed by atoms with E-state index in [0.29, 0.717) is 0 Å². The maximum atomic E-state index is 8.57. The largest absolute Gasteiger partial charge is 0.193 e. The van der Waals surface area contributed by atoms with Gasteiger partial charge in [0.25, 0.3) is 0 Å². The molecule has 1 fully saturated rings. The second-order valence-electron chi connectivity index (χ2n) is 3.19. The normalized spacial score (nSPS) is 29.9. The van der Waals surface area contributed by atoms with Crippen LogP contribution in [0.15, 0.2) is 11.1 Å². The standard InChI is InChI=1S/C9H13N/c1-7-3-4-9(5-7)8(2)6-10/h7H,3-5H2,1-2H3/b9-8+/t7-/m1/s1. The molecule has 54 valence electrons. The minimum atomic E-state index is 0.804. The van der Waals surface area contributed by atoms with Gasteiger partial charge in [0.1, 0.15) is 0 Å². The van der Waals surface area contributed by atoms with Gasteiger partial charge in [0, 0.05) is 5.57 Å². The molecule has 1 heteroatoms. The molecule has 1 rings (SSSR count). The Morgan fingerprint density at radius 1 is 1.70 bits per heavy atom. The van der Waals surface area contributed by atoms with Crippen LogP contribution in [-0.2, 0) is 0 Å². The third kappa shape index (κ3) is 1.39. The van der Waals surface area contributed by atoms with E-state index in [1.165, 1.54) is 12.0 Å². The average Bonchev–Trinajstić information content (AvgIpc) is 2.34. The van der Waals surface area contributed by atoms with Crippen LogP contribution in [-0.4, -0.2) is 0 Å². The van der Waals surface area contributed by atoms with Crippen LogP contribution in [0.5, 0.6) is 0 Å². The predicted octanol–water partition coefficient (Wildman–Crippen LogP) is 2.65. The Hall–Kier alpha value is -0.770. The summed E-state index contributed by atoms with van der Waals surface area (Å²) >= 11 is 0. The summed E-state index contributed by atoms with van der Waals surface area (Å²) in [5, 5.41) is 8.57. The number of nitrogens with zero attached hydrogens (tertiary/aromatic N) is 1. The molecule has 0 heterocycles. The van der Waals surface area contributed by atoms with Gasteiger partial charge in [0.15, 0.2) is 0 Å². The second-order valence-corrected chi connectivity index (χ2v) is 3.19. The summed E-state index contributed by atoms with van der Waals surface area (Å²) < 4.78 is 0. The SMILES string of the molecule is C/C(C#N)=C1/CC[C@@H](C)C1. The van der Waals surface area contributed by atoms with Gasteiger partial charge in [-0.3, -0.25) is 0 Å². The average molecular weight is 135 g/mol. The van der Waals surface area contributed by atoms with E-state index in [9.17, 15) is 0 Å². The van der Waals surface area contributed by atoms with Crippen molar-refractivity contribution >= 4 is 0 Å². The minimum absolute atomic E-state index is 0.804. The van der Waals surface area contributed by atoms with Crippen molar-refractivity contribution in [3.63, 3.8) is 0 Å². The number of allylic oxidation sites excluding steroid dienone is 2. The Morgan fingerprint density at radius 3 is 2.80 bits per heavy atom. The van der Waals surface area contributed by atoms with Crippen molar-refractivity contribution < 1.29 is 0 Å². The predicted molar refractivity (Wildman–Crippen MR) is 41.3 cm³/mol. The van der Waals surface area contributed by atoms with E-state index in [1.807, 2.05) is 6.92 Å². The molecule has 1 aliphatic rings. The molecule has 0 aliphatic heterocycles. The molecule has 0 saturated heterocycles. The van der Waals surface area contributed by atoms with Crippen LogP contribution >= 0.6 is 0 Å². The van der Waals surface area contributed by atoms with Crippen molar-refractivity contribution in [3.8, 4) is 6.07 Å². The molecule has 1 saturated carbocycles. The minimum Gasteiger partial charge on any atom is -0.193 e. The third-order valence-electron chi connectivity index (χ3n) is 2.23. The van der Waals surface area contributed by atoms with Gasteiger partial charge in [0.2, 0.25) is 0 Å². The fourth-order valence-corrected chi connectivity index (χ4v) is 1.47. The summed E-state index contributed by atoms with van der Waals surface area (Å²) in [5.74, 6) is 0.804. The lowest BCUT2D eigenvalue weighted by atomic mass is 10.1. The zero-order valence-electron chi connectivity index (χ0n) is 6.65. The van der Waals surface area contributed by atoms with E-state index >= 15 is 0 Å². The molecule has 0 aromatic carbocycles. The summed E-state index contributed by atoms with van der Waals surface area (Å²) in [4.78, 5) is 0. The number of rotatable bonds is 0. The smallest absolute Gasteiger partial charge is 0.0943 e. The van der Waals surface area contributed by atoms with Crippen LogP contribution < -0.4 is 0 Å². The van der Waals surface area contributed by atoms with Crippen molar-refractivity contribution in [1.29, 1.82) is 5.26 Å². The van der Waals surface area contributed by atoms with E-state index in [4.69, 9.17) is 5.26 Å². The van der Waals surface area contributed by atoms with Crippen LogP contribution in [0.3, 0.4) is 0 Å². The second kappa shape index (κ2) is 2.88. The zero-order chi connectivity index (χ0) is 7.56. The summed E-state index contributed by atoms with van der Waals surface area (Å²) in [6, 6.07) is 2.21. The first-order valence-corrected chi connectivity index (χ1v) is 3.82. The Bertz CT molecular complexity index is 195. The highest BCUT2D eigenvalue weighted by atomic mass is 14.3. The number of hydrogen-bond donors (Lipinski definition) is 0. The van der Waals surface area contributed by atoms with Crippen molar-refractivity contribution in [2.45, 2.75) is 33.1 Å². The van der Waals surface area contributed by atoms with Gasteiger partial charge in [0.05, 0.1) is 6.07 Å². The zero-order valence-corrected chi connectivity index (χ0v) is 6.65. The highest BCUT2D eigenvalue weighted by molar-refractivity contribution is 5.27. The highest BCUT2D eigenvalue weighted by Crippen LogP contribution is 2.31. The highest BCUT2D eigenvalue weighted by Gasteiger charge is 2.16. The number of hydrogen-bond acceptors (Lipinski definition) is 1. The summed E-state index contributed by atoms with van der Waals surface area (Å²) in [6.07, 6.45) is 3.58. The van der Waals surface area contributed by atoms with Crippen LogP contribution in [0, 0.1) is 17.2 Å². The molecular weight excluding hydrogens is 122 g/mol. The molecule has 0 radical (unpaired) electrons. The van der Waals surface area contributed by atoms with Crippen LogP contribution in [0.1, 0.15) is 33.1 Å². The van der Waals surface area contributed by atoms with Gasteiger partial charge < -0.3 is 0 Å². The molecule has 0 bridgehead atoms. The molecule has 0 N–H and O–H groups in total. The first kappa shape index (κ1) is 7.34. The van der Waals surface area contributed by atoms with Gasteiger partial charge in [-0.05, 0) is 32.1 Å². The lowest BCUT2D eigenvalue weighted by Crippen LogP contribution is -1.82. The van der Waals surface area contributed by atoms with Gasteiger partial charge in [-0.1, -0.05) is 12.5 Å². The van der Waals surface area contributed by atoms with E-state index in [1.54, 1.807) is 0 Å². The van der Waals surface area contributed by atoms with Gasteiger partial charge in [-0.15, -0.1) is 0 Å². The summed E-state index contributed by atoms with van der Waals surface area (Å²) in [5.41, 5.74) is 2.33. The number of nitriles is 1. The van der Waals surface area contributed by atoms with Gasteiger partial charge in [-0.25, -0.2) is 0 Å². The molecule has 0 aromatic heterocycles. The molecule has 0 unspecified atom stereocenters. The van der Waals surface area contributed by atoms with Crippen LogP contribution in [0.25, 0.3) is 0 Å². The maximum absolute atomic E-state index is 8.57. The van der Waals surface area contributed by atoms with Crippen molar-refractivity contribution in [1.82, 2.24) is 0 Å². The molecule has 1 atom stereocenters.